The Bertz CT molecular complexity index is 1080. The molecule has 0 aliphatic carbocycles. The molecule has 0 saturated carbocycles. The first-order valence-electron chi connectivity index (χ1n) is 10.9. The number of aromatic nitrogens is 1. The maximum Gasteiger partial charge on any atom is 0.178 e. The predicted molar refractivity (Wildman–Crippen MR) is 124 cm³/mol. The summed E-state index contributed by atoms with van der Waals surface area (Å²) in [6.07, 6.45) is 2.56. The van der Waals surface area contributed by atoms with Crippen molar-refractivity contribution < 1.29 is 9.90 Å². The second kappa shape index (κ2) is 8.54. The van der Waals surface area contributed by atoms with Crippen LogP contribution in [-0.2, 0) is 0 Å². The summed E-state index contributed by atoms with van der Waals surface area (Å²) in [6.45, 7) is 5.94. The van der Waals surface area contributed by atoms with E-state index in [0.29, 0.717) is 17.5 Å². The van der Waals surface area contributed by atoms with Crippen molar-refractivity contribution in [3.05, 3.63) is 70.7 Å². The van der Waals surface area contributed by atoms with E-state index < -0.39 is 0 Å². The van der Waals surface area contributed by atoms with E-state index in [1.54, 1.807) is 13.0 Å². The second-order valence-electron chi connectivity index (χ2n) is 8.54. The molecule has 160 valence electrons. The van der Waals surface area contributed by atoms with E-state index in [-0.39, 0.29) is 11.8 Å². The Hall–Kier alpha value is -2.54. The van der Waals surface area contributed by atoms with Gasteiger partial charge in [0.2, 0.25) is 0 Å². The van der Waals surface area contributed by atoms with Crippen molar-refractivity contribution >= 4 is 17.1 Å². The number of Topliss-reactive ketones (excluding diaryl/α,β-unsaturated/α-hetero) is 1. The number of ketones is 1. The molecule has 0 amide bonds. The van der Waals surface area contributed by atoms with Gasteiger partial charge in [-0.3, -0.25) is 14.6 Å². The molecule has 2 aliphatic heterocycles. The van der Waals surface area contributed by atoms with Crippen LogP contribution in [0.1, 0.15) is 47.4 Å². The zero-order chi connectivity index (χ0) is 21.4. The van der Waals surface area contributed by atoms with Crippen LogP contribution in [0.3, 0.4) is 0 Å². The highest BCUT2D eigenvalue weighted by Crippen LogP contribution is 2.35. The van der Waals surface area contributed by atoms with Gasteiger partial charge in [-0.05, 0) is 42.6 Å². The van der Waals surface area contributed by atoms with Gasteiger partial charge in [-0.15, -0.1) is 11.3 Å². The molecular weight excluding hydrogens is 406 g/mol. The minimum atomic E-state index is -0.00544. The summed E-state index contributed by atoms with van der Waals surface area (Å²) in [4.78, 5) is 21.2. The Morgan fingerprint density at radius 2 is 1.97 bits per heavy atom. The molecular formula is C25H27N3O2S. The van der Waals surface area contributed by atoms with E-state index in [1.165, 1.54) is 36.3 Å². The number of hydrogen-bond acceptors (Lipinski definition) is 6. The number of phenols is 1. The molecule has 2 fully saturated rings. The molecule has 3 heterocycles. The van der Waals surface area contributed by atoms with Gasteiger partial charge in [0.15, 0.2) is 5.78 Å². The fourth-order valence-corrected chi connectivity index (χ4v) is 5.80. The fraction of sp³-hybridized carbons (Fsp3) is 0.360. The monoisotopic (exact) mass is 433 g/mol. The van der Waals surface area contributed by atoms with Gasteiger partial charge in [-0.25, -0.2) is 4.98 Å². The van der Waals surface area contributed by atoms with Gasteiger partial charge in [-0.1, -0.05) is 36.4 Å². The van der Waals surface area contributed by atoms with Crippen LogP contribution >= 0.6 is 11.3 Å². The maximum atomic E-state index is 11.6. The Balaban J connectivity index is 1.46. The highest BCUT2D eigenvalue weighted by atomic mass is 32.1. The average molecular weight is 434 g/mol. The predicted octanol–water partition coefficient (Wildman–Crippen LogP) is 4.59. The molecule has 1 aromatic heterocycles. The summed E-state index contributed by atoms with van der Waals surface area (Å²) in [5, 5.41) is 12.8. The molecule has 2 atom stereocenters. The lowest BCUT2D eigenvalue weighted by atomic mass is 9.94. The van der Waals surface area contributed by atoms with Gasteiger partial charge < -0.3 is 5.11 Å². The van der Waals surface area contributed by atoms with Crippen LogP contribution in [0.2, 0.25) is 0 Å². The molecule has 0 bridgehead atoms. The van der Waals surface area contributed by atoms with Crippen molar-refractivity contribution in [2.45, 2.75) is 31.8 Å². The largest absolute Gasteiger partial charge is 0.508 e. The number of aromatic hydroxyl groups is 1. The van der Waals surface area contributed by atoms with E-state index in [4.69, 9.17) is 0 Å². The first-order chi connectivity index (χ1) is 15.1. The molecule has 1 N–H and O–H groups in total. The third kappa shape index (κ3) is 4.15. The van der Waals surface area contributed by atoms with Crippen LogP contribution in [0, 0.1) is 0 Å². The highest BCUT2D eigenvalue weighted by molar-refractivity contribution is 7.13. The van der Waals surface area contributed by atoms with Gasteiger partial charge in [0, 0.05) is 43.5 Å². The smallest absolute Gasteiger partial charge is 0.178 e. The van der Waals surface area contributed by atoms with E-state index in [2.05, 4.69) is 45.1 Å². The first-order valence-corrected chi connectivity index (χ1v) is 11.8. The van der Waals surface area contributed by atoms with Gasteiger partial charge >= 0.3 is 0 Å². The number of carbonyl (C=O) groups is 1. The van der Waals surface area contributed by atoms with Crippen LogP contribution in [0.25, 0.3) is 10.6 Å². The number of thiazole rings is 1. The molecule has 0 spiro atoms. The van der Waals surface area contributed by atoms with Crippen molar-refractivity contribution in [2.24, 2.45) is 0 Å². The quantitative estimate of drug-likeness (QED) is 0.597. The van der Waals surface area contributed by atoms with Crippen molar-refractivity contribution in [1.29, 1.82) is 0 Å². The van der Waals surface area contributed by atoms with Crippen LogP contribution in [-0.4, -0.2) is 57.9 Å². The molecule has 31 heavy (non-hydrogen) atoms. The number of piperazine rings is 1. The number of hydrogen-bond donors (Lipinski definition) is 1. The van der Waals surface area contributed by atoms with Crippen LogP contribution in [0.15, 0.2) is 53.9 Å². The van der Waals surface area contributed by atoms with Crippen molar-refractivity contribution in [3.8, 4) is 16.3 Å². The Kier molecular flexibility index (Phi) is 5.61. The number of phenolic OH excluding ortho intramolecular Hbond substituents is 1. The standard InChI is InChI=1S/C25H27N3O2S/c1-17(29)23-16-31-25(26-23)19-9-7-18(8-10-19)24(20-4-2-6-22(30)14-20)28-13-12-27-11-3-5-21(27)15-28/h2,4,6-10,14,16,21,24,30H,3,5,11-13,15H2,1H3/t21-,24?/m1/s1. The van der Waals surface area contributed by atoms with E-state index in [9.17, 15) is 9.90 Å². The number of benzene rings is 2. The van der Waals surface area contributed by atoms with Crippen molar-refractivity contribution in [3.63, 3.8) is 0 Å². The molecule has 5 rings (SSSR count). The molecule has 0 radical (unpaired) electrons. The summed E-state index contributed by atoms with van der Waals surface area (Å²) < 4.78 is 0. The summed E-state index contributed by atoms with van der Waals surface area (Å²) in [6, 6.07) is 16.9. The van der Waals surface area contributed by atoms with Crippen LogP contribution in [0.4, 0.5) is 0 Å². The Labute approximate surface area is 187 Å². The van der Waals surface area contributed by atoms with E-state index >= 15 is 0 Å². The molecule has 2 aliphatic rings. The zero-order valence-electron chi connectivity index (χ0n) is 17.7. The number of fused-ring (bicyclic) bond motifs is 1. The topological polar surface area (TPSA) is 56.7 Å². The number of carbonyl (C=O) groups excluding carboxylic acids is 1. The lowest BCUT2D eigenvalue weighted by Gasteiger charge is -2.42. The number of nitrogens with zero attached hydrogens (tertiary/aromatic N) is 3. The number of rotatable bonds is 5. The van der Waals surface area contributed by atoms with Crippen molar-refractivity contribution in [1.82, 2.24) is 14.8 Å². The van der Waals surface area contributed by atoms with E-state index in [0.717, 1.165) is 35.8 Å². The second-order valence-corrected chi connectivity index (χ2v) is 9.40. The molecule has 3 aromatic rings. The zero-order valence-corrected chi connectivity index (χ0v) is 18.5. The van der Waals surface area contributed by atoms with Crippen molar-refractivity contribution in [2.75, 3.05) is 26.2 Å². The Morgan fingerprint density at radius 1 is 1.13 bits per heavy atom. The molecule has 2 aromatic carbocycles. The highest BCUT2D eigenvalue weighted by Gasteiger charge is 2.34. The fourth-order valence-electron chi connectivity index (χ4n) is 4.93. The van der Waals surface area contributed by atoms with Gasteiger partial charge in [0.25, 0.3) is 0 Å². The average Bonchev–Trinajstić information content (AvgIpc) is 3.44. The first kappa shape index (κ1) is 20.4. The Morgan fingerprint density at radius 3 is 2.71 bits per heavy atom. The van der Waals surface area contributed by atoms with Crippen LogP contribution < -0.4 is 0 Å². The van der Waals surface area contributed by atoms with Gasteiger partial charge in [0.05, 0.1) is 6.04 Å². The summed E-state index contributed by atoms with van der Waals surface area (Å²) in [5.74, 6) is 0.298. The summed E-state index contributed by atoms with van der Waals surface area (Å²) in [5.41, 5.74) is 3.88. The molecule has 1 unspecified atom stereocenters. The van der Waals surface area contributed by atoms with Crippen LogP contribution in [0.5, 0.6) is 5.75 Å². The maximum absolute atomic E-state index is 11.6. The minimum absolute atomic E-state index is 0.00544. The third-order valence-corrected chi connectivity index (χ3v) is 7.40. The lowest BCUT2D eigenvalue weighted by Crippen LogP contribution is -2.51. The molecule has 5 nitrogen and oxygen atoms in total. The summed E-state index contributed by atoms with van der Waals surface area (Å²) in [7, 11) is 0. The van der Waals surface area contributed by atoms with Gasteiger partial charge in [0.1, 0.15) is 16.5 Å². The molecule has 2 saturated heterocycles. The van der Waals surface area contributed by atoms with Gasteiger partial charge in [-0.2, -0.15) is 0 Å². The molecule has 6 heteroatoms. The lowest BCUT2D eigenvalue weighted by molar-refractivity contribution is 0.0833. The third-order valence-electron chi connectivity index (χ3n) is 6.51. The summed E-state index contributed by atoms with van der Waals surface area (Å²) >= 11 is 1.50. The normalized spacial score (nSPS) is 20.5. The van der Waals surface area contributed by atoms with E-state index in [1.807, 2.05) is 17.5 Å². The SMILES string of the molecule is CC(=O)c1csc(-c2ccc(C(c3cccc(O)c3)N3CCN4CCC[C@@H]4C3)cc2)n1. The minimum Gasteiger partial charge on any atom is -0.508 e.